The molecule has 1 N–H and O–H groups in total. The van der Waals surface area contributed by atoms with Crippen LogP contribution in [0.2, 0.25) is 0 Å². The van der Waals surface area contributed by atoms with Crippen LogP contribution in [0.5, 0.6) is 0 Å². The third-order valence-corrected chi connectivity index (χ3v) is 5.48. The molecule has 0 saturated heterocycles. The van der Waals surface area contributed by atoms with Crippen molar-refractivity contribution in [1.82, 2.24) is 9.97 Å². The Morgan fingerprint density at radius 2 is 1.87 bits per heavy atom. The van der Waals surface area contributed by atoms with Crippen LogP contribution in [0.3, 0.4) is 0 Å². The van der Waals surface area contributed by atoms with E-state index in [-0.39, 0.29) is 28.3 Å². The molecule has 0 saturated carbocycles. The van der Waals surface area contributed by atoms with Gasteiger partial charge in [-0.25, -0.2) is 13.4 Å². The van der Waals surface area contributed by atoms with Crippen molar-refractivity contribution in [3.8, 4) is 0 Å². The summed E-state index contributed by atoms with van der Waals surface area (Å²) in [6.07, 6.45) is 6.22. The highest BCUT2D eigenvalue weighted by atomic mass is 32.2. The van der Waals surface area contributed by atoms with Crippen LogP contribution in [-0.4, -0.2) is 35.6 Å². The van der Waals surface area contributed by atoms with Gasteiger partial charge in [0, 0.05) is 5.92 Å². The van der Waals surface area contributed by atoms with Crippen LogP contribution in [-0.2, 0) is 9.84 Å². The molecule has 0 aromatic carbocycles. The summed E-state index contributed by atoms with van der Waals surface area (Å²) >= 11 is 0. The van der Waals surface area contributed by atoms with Crippen molar-refractivity contribution >= 4 is 16.1 Å². The monoisotopic (exact) mass is 341 g/mol. The quantitative estimate of drug-likeness (QED) is 0.422. The number of aromatic nitrogens is 2. The highest BCUT2D eigenvalue weighted by Gasteiger charge is 2.27. The number of hydrogen-bond acceptors (Lipinski definition) is 6. The largest absolute Gasteiger partial charge is 0.411 e. The number of oxime groups is 1. The van der Waals surface area contributed by atoms with E-state index in [1.165, 1.54) is 6.20 Å². The Morgan fingerprint density at radius 1 is 1.26 bits per heavy atom. The fraction of sp³-hybridized carbons (Fsp3) is 0.688. The highest BCUT2D eigenvalue weighted by molar-refractivity contribution is 7.91. The molecule has 6 nitrogen and oxygen atoms in total. The molecule has 0 amide bonds. The van der Waals surface area contributed by atoms with Crippen molar-refractivity contribution in [1.29, 1.82) is 0 Å². The fourth-order valence-corrected chi connectivity index (χ4v) is 4.48. The molecule has 0 fully saturated rings. The summed E-state index contributed by atoms with van der Waals surface area (Å²) < 4.78 is 25.4. The van der Waals surface area contributed by atoms with Gasteiger partial charge in [0.25, 0.3) is 0 Å². The molecule has 1 rings (SSSR count). The number of hydrogen-bond donors (Lipinski definition) is 1. The maximum Gasteiger partial charge on any atom is 0.197 e. The molecule has 1 aromatic heterocycles. The summed E-state index contributed by atoms with van der Waals surface area (Å²) in [6.45, 7) is 7.87. The van der Waals surface area contributed by atoms with E-state index in [1.54, 1.807) is 0 Å². The summed E-state index contributed by atoms with van der Waals surface area (Å²) in [5.41, 5.74) is 0.787. The Hall–Kier alpha value is -1.50. The molecule has 0 atom stereocenters. The zero-order valence-corrected chi connectivity index (χ0v) is 15.2. The van der Waals surface area contributed by atoms with Crippen molar-refractivity contribution in [2.75, 3.05) is 5.75 Å². The normalized spacial score (nSPS) is 12.6. The average Bonchev–Trinajstić information content (AvgIpc) is 2.46. The average molecular weight is 341 g/mol. The Labute approximate surface area is 139 Å². The third-order valence-electron chi connectivity index (χ3n) is 3.48. The number of rotatable bonds is 9. The van der Waals surface area contributed by atoms with Crippen molar-refractivity contribution in [2.24, 2.45) is 11.1 Å². The molecule has 0 aliphatic heterocycles. The second-order valence-corrected chi connectivity index (χ2v) is 8.13. The lowest BCUT2D eigenvalue weighted by atomic mass is 9.95. The Balaban J connectivity index is 3.44. The predicted octanol–water partition coefficient (Wildman–Crippen LogP) is 3.40. The predicted molar refractivity (Wildman–Crippen MR) is 90.9 cm³/mol. The summed E-state index contributed by atoms with van der Waals surface area (Å²) in [5, 5.41) is 11.6. The van der Waals surface area contributed by atoms with Gasteiger partial charge in [0.05, 0.1) is 23.9 Å². The van der Waals surface area contributed by atoms with Crippen LogP contribution in [0.1, 0.15) is 70.7 Å². The molecule has 0 bridgehead atoms. The number of nitrogens with zero attached hydrogens (tertiary/aromatic N) is 3. The lowest BCUT2D eigenvalue weighted by Gasteiger charge is -2.18. The summed E-state index contributed by atoms with van der Waals surface area (Å²) in [4.78, 5) is 8.58. The van der Waals surface area contributed by atoms with E-state index in [0.717, 1.165) is 31.9 Å². The molecule has 1 aromatic rings. The van der Waals surface area contributed by atoms with E-state index < -0.39 is 9.84 Å². The standard InChI is InChI=1S/C16H27N3O3S/c1-5-7-13(8-6-2)15-16(23(21,22)11-12(3)4)19-14(9-17-15)10-18-20/h9-10,12-13,20H,5-8,11H2,1-4H3/b18-10+. The smallest absolute Gasteiger partial charge is 0.197 e. The topological polar surface area (TPSA) is 92.5 Å². The zero-order chi connectivity index (χ0) is 17.5. The van der Waals surface area contributed by atoms with Crippen molar-refractivity contribution in [3.63, 3.8) is 0 Å². The van der Waals surface area contributed by atoms with Gasteiger partial charge in [0.15, 0.2) is 14.9 Å². The molecule has 0 spiro atoms. The number of sulfone groups is 1. The Bertz CT molecular complexity index is 621. The molecule has 7 heteroatoms. The van der Waals surface area contributed by atoms with E-state index in [4.69, 9.17) is 5.21 Å². The van der Waals surface area contributed by atoms with Gasteiger partial charge in [-0.1, -0.05) is 45.7 Å². The first-order chi connectivity index (χ1) is 10.9. The van der Waals surface area contributed by atoms with Crippen LogP contribution < -0.4 is 0 Å². The molecule has 130 valence electrons. The zero-order valence-electron chi connectivity index (χ0n) is 14.4. The fourth-order valence-electron chi connectivity index (χ4n) is 2.66. The molecular weight excluding hydrogens is 314 g/mol. The molecule has 0 aliphatic rings. The molecule has 0 unspecified atom stereocenters. The Kier molecular flexibility index (Phi) is 7.61. The van der Waals surface area contributed by atoms with Crippen LogP contribution in [0.25, 0.3) is 0 Å². The van der Waals surface area contributed by atoms with Crippen molar-refractivity contribution < 1.29 is 13.6 Å². The van der Waals surface area contributed by atoms with Gasteiger partial charge in [-0.2, -0.15) is 0 Å². The maximum absolute atomic E-state index is 12.7. The first kappa shape index (κ1) is 19.5. The minimum Gasteiger partial charge on any atom is -0.411 e. The minimum atomic E-state index is -3.53. The van der Waals surface area contributed by atoms with E-state index in [0.29, 0.717) is 5.69 Å². The molecule has 23 heavy (non-hydrogen) atoms. The van der Waals surface area contributed by atoms with Gasteiger partial charge in [-0.15, -0.1) is 0 Å². The van der Waals surface area contributed by atoms with Crippen molar-refractivity contribution in [2.45, 2.75) is 64.3 Å². The lowest BCUT2D eigenvalue weighted by molar-refractivity contribution is 0.321. The SMILES string of the molecule is CCCC(CCC)c1ncc(/C=N/O)nc1S(=O)(=O)CC(C)C. The second-order valence-electron chi connectivity index (χ2n) is 6.18. The van der Waals surface area contributed by atoms with Crippen LogP contribution in [0.4, 0.5) is 0 Å². The first-order valence-corrected chi connectivity index (χ1v) is 9.78. The summed E-state index contributed by atoms with van der Waals surface area (Å²) in [6, 6.07) is 0. The molecular formula is C16H27N3O3S. The van der Waals surface area contributed by atoms with Gasteiger partial charge in [0.2, 0.25) is 0 Å². The highest BCUT2D eigenvalue weighted by Crippen LogP contribution is 2.29. The second kappa shape index (κ2) is 8.96. The molecule has 0 aliphatic carbocycles. The lowest BCUT2D eigenvalue weighted by Crippen LogP contribution is -2.19. The van der Waals surface area contributed by atoms with E-state index >= 15 is 0 Å². The summed E-state index contributed by atoms with van der Waals surface area (Å²) in [5.74, 6) is 0.106. The van der Waals surface area contributed by atoms with Gasteiger partial charge in [-0.3, -0.25) is 4.98 Å². The van der Waals surface area contributed by atoms with Gasteiger partial charge >= 0.3 is 0 Å². The first-order valence-electron chi connectivity index (χ1n) is 8.12. The van der Waals surface area contributed by atoms with Gasteiger partial charge in [-0.05, 0) is 18.8 Å². The van der Waals surface area contributed by atoms with Crippen molar-refractivity contribution in [3.05, 3.63) is 17.6 Å². The molecule has 1 heterocycles. The van der Waals surface area contributed by atoms with Gasteiger partial charge < -0.3 is 5.21 Å². The van der Waals surface area contributed by atoms with E-state index in [1.807, 2.05) is 13.8 Å². The van der Waals surface area contributed by atoms with Gasteiger partial charge in [0.1, 0.15) is 5.69 Å². The van der Waals surface area contributed by atoms with E-state index in [2.05, 4.69) is 29.0 Å². The van der Waals surface area contributed by atoms with E-state index in [9.17, 15) is 8.42 Å². The van der Waals surface area contributed by atoms with Crippen LogP contribution >= 0.6 is 0 Å². The maximum atomic E-state index is 12.7. The Morgan fingerprint density at radius 3 is 2.35 bits per heavy atom. The summed E-state index contributed by atoms with van der Waals surface area (Å²) in [7, 11) is -3.53. The third kappa shape index (κ3) is 5.57. The molecule has 0 radical (unpaired) electrons. The van der Waals surface area contributed by atoms with Crippen LogP contribution in [0, 0.1) is 5.92 Å². The van der Waals surface area contributed by atoms with Crippen LogP contribution in [0.15, 0.2) is 16.4 Å². The minimum absolute atomic E-state index is 0.000570.